The summed E-state index contributed by atoms with van der Waals surface area (Å²) in [5.74, 6) is 2.94. The first-order valence-electron chi connectivity index (χ1n) is 12.4. The van der Waals surface area contributed by atoms with Gasteiger partial charge in [0.25, 0.3) is 5.69 Å². The predicted octanol–water partition coefficient (Wildman–Crippen LogP) is 5.47. The van der Waals surface area contributed by atoms with E-state index in [0.29, 0.717) is 11.0 Å². The Morgan fingerprint density at radius 2 is 2.00 bits per heavy atom. The Labute approximate surface area is 237 Å². The van der Waals surface area contributed by atoms with Crippen LogP contribution in [0.25, 0.3) is 11.0 Å². The molecule has 12 nitrogen and oxygen atoms in total. The van der Waals surface area contributed by atoms with Gasteiger partial charge in [-0.2, -0.15) is 4.98 Å². The van der Waals surface area contributed by atoms with Gasteiger partial charge in [-0.1, -0.05) is 26.7 Å². The molecule has 0 aliphatic carbocycles. The number of hydrogen-bond acceptors (Lipinski definition) is 10. The van der Waals surface area contributed by atoms with Crippen molar-refractivity contribution >= 4 is 48.6 Å². The number of non-ortho nitro benzene ring substituents is 1. The summed E-state index contributed by atoms with van der Waals surface area (Å²) < 4.78 is 25.5. The van der Waals surface area contributed by atoms with Crippen LogP contribution in [0.4, 0.5) is 16.3 Å². The van der Waals surface area contributed by atoms with Crippen LogP contribution < -0.4 is 10.5 Å². The number of hydrogen-bond donors (Lipinski definition) is 1. The Hall–Kier alpha value is -3.70. The van der Waals surface area contributed by atoms with Crippen LogP contribution in [0.15, 0.2) is 36.5 Å². The average molecular weight is 588 g/mol. The van der Waals surface area contributed by atoms with Crippen molar-refractivity contribution in [3.05, 3.63) is 51.9 Å². The highest BCUT2D eigenvalue weighted by atomic mass is 35.5. The maximum absolute atomic E-state index is 12.9. The zero-order valence-electron chi connectivity index (χ0n) is 22.7. The van der Waals surface area contributed by atoms with Crippen molar-refractivity contribution in [1.29, 1.82) is 0 Å². The van der Waals surface area contributed by atoms with Crippen LogP contribution in [0, 0.1) is 22.5 Å². The molecule has 1 fully saturated rings. The van der Waals surface area contributed by atoms with Gasteiger partial charge in [0.2, 0.25) is 5.28 Å². The summed E-state index contributed by atoms with van der Waals surface area (Å²) in [6, 6.07) is 6.74. The fraction of sp³-hybridized carbons (Fsp3) is 0.423. The van der Waals surface area contributed by atoms with Crippen molar-refractivity contribution in [2.24, 2.45) is 0 Å². The third-order valence-corrected chi connectivity index (χ3v) is 12.0. The summed E-state index contributed by atoms with van der Waals surface area (Å²) in [5, 5.41) is 11.3. The Morgan fingerprint density at radius 3 is 2.60 bits per heavy atom. The summed E-state index contributed by atoms with van der Waals surface area (Å²) in [6.45, 7) is 10.4. The number of benzene rings is 1. The number of rotatable bonds is 7. The van der Waals surface area contributed by atoms with Crippen LogP contribution >= 0.6 is 11.6 Å². The molecule has 14 heteroatoms. The summed E-state index contributed by atoms with van der Waals surface area (Å²) in [5.41, 5.74) is 4.83. The van der Waals surface area contributed by atoms with Gasteiger partial charge in [0.05, 0.1) is 16.9 Å². The number of nitro benzene ring substituents is 1. The van der Waals surface area contributed by atoms with Crippen LogP contribution in [0.2, 0.25) is 23.4 Å². The van der Waals surface area contributed by atoms with E-state index < -0.39 is 37.3 Å². The second kappa shape index (κ2) is 10.7. The molecule has 0 radical (unpaired) electrons. The number of nitro groups is 1. The number of carbonyl (C=O) groups excluding carboxylic acids is 1. The first-order valence-corrected chi connectivity index (χ1v) is 15.7. The normalized spacial score (nSPS) is 21.2. The fourth-order valence-corrected chi connectivity index (χ4v) is 5.17. The lowest BCUT2D eigenvalue weighted by Crippen LogP contribution is -2.50. The molecular formula is C26H30ClN5O7Si. The minimum absolute atomic E-state index is 0.0353. The highest BCUT2D eigenvalue weighted by Crippen LogP contribution is 2.43. The van der Waals surface area contributed by atoms with Gasteiger partial charge in [0, 0.05) is 24.8 Å². The summed E-state index contributed by atoms with van der Waals surface area (Å²) in [6.07, 6.45) is 5.12. The molecule has 1 aliphatic rings. The van der Waals surface area contributed by atoms with Crippen LogP contribution in [0.3, 0.4) is 0 Å². The molecule has 2 aromatic heterocycles. The lowest BCUT2D eigenvalue weighted by molar-refractivity contribution is -0.384. The number of halogens is 1. The maximum atomic E-state index is 12.9. The molecule has 3 atom stereocenters. The first-order chi connectivity index (χ1) is 18.7. The topological polar surface area (TPSA) is 154 Å². The van der Waals surface area contributed by atoms with Crippen molar-refractivity contribution in [2.75, 3.05) is 12.3 Å². The summed E-state index contributed by atoms with van der Waals surface area (Å²) in [4.78, 5) is 31.5. The molecule has 1 aliphatic heterocycles. The number of ether oxygens (including phenoxy) is 3. The third-order valence-electron chi connectivity index (χ3n) is 7.35. The highest BCUT2D eigenvalue weighted by molar-refractivity contribution is 6.74. The third kappa shape index (κ3) is 5.75. The number of nitrogens with zero attached hydrogens (tertiary/aromatic N) is 4. The smallest absolute Gasteiger partial charge is 0.426 e. The highest BCUT2D eigenvalue weighted by Gasteiger charge is 2.53. The first kappa shape index (κ1) is 29.3. The van der Waals surface area contributed by atoms with E-state index in [0.717, 1.165) is 0 Å². The molecule has 2 N–H and O–H groups in total. The molecule has 40 heavy (non-hydrogen) atoms. The number of nitrogens with two attached hydrogens (primary N) is 1. The zero-order chi connectivity index (χ0) is 29.5. The molecule has 0 spiro atoms. The molecular weight excluding hydrogens is 558 g/mol. The second-order valence-corrected chi connectivity index (χ2v) is 16.1. The van der Waals surface area contributed by atoms with E-state index >= 15 is 0 Å². The second-order valence-electron chi connectivity index (χ2n) is 10.9. The minimum Gasteiger partial charge on any atom is -0.426 e. The molecule has 0 bridgehead atoms. The van der Waals surface area contributed by atoms with E-state index in [1.165, 1.54) is 24.3 Å². The summed E-state index contributed by atoms with van der Waals surface area (Å²) in [7, 11) is -2.29. The Kier molecular flexibility index (Phi) is 7.83. The minimum atomic E-state index is -2.29. The standard InChI is InChI=1S/C26H30ClN5O7Si/c1-7-26(15-36-40(5,6)25(2,3)4)19(38-24(33)37-17-10-8-16(9-11-17)32(34)35)14-20(39-26)31-13-12-18-21(28)29-23(27)30-22(18)31/h1,8-13,19-20H,14-15H2,2-6H3,(H2,28,29,30)/t19-,20+,26+/m0/s1. The van der Waals surface area contributed by atoms with Crippen molar-refractivity contribution in [1.82, 2.24) is 14.5 Å². The quantitative estimate of drug-likeness (QED) is 0.0715. The van der Waals surface area contributed by atoms with Gasteiger partial charge in [-0.05, 0) is 47.9 Å². The van der Waals surface area contributed by atoms with Gasteiger partial charge in [-0.3, -0.25) is 10.1 Å². The Bertz CT molecular complexity index is 1480. The maximum Gasteiger partial charge on any atom is 0.514 e. The number of nitrogen functional groups attached to an aromatic ring is 1. The van der Waals surface area contributed by atoms with Gasteiger partial charge in [0.15, 0.2) is 20.0 Å². The molecule has 4 rings (SSSR count). The van der Waals surface area contributed by atoms with E-state index in [-0.39, 0.29) is 40.6 Å². The van der Waals surface area contributed by atoms with Gasteiger partial charge in [-0.25, -0.2) is 9.78 Å². The lowest BCUT2D eigenvalue weighted by atomic mass is 9.99. The van der Waals surface area contributed by atoms with E-state index in [2.05, 4.69) is 49.8 Å². The molecule has 1 saturated heterocycles. The molecule has 3 aromatic rings. The molecule has 0 amide bonds. The molecule has 0 unspecified atom stereocenters. The van der Waals surface area contributed by atoms with Crippen molar-refractivity contribution in [3.63, 3.8) is 0 Å². The van der Waals surface area contributed by atoms with E-state index in [4.69, 9.17) is 42.4 Å². The van der Waals surface area contributed by atoms with E-state index in [9.17, 15) is 14.9 Å². The van der Waals surface area contributed by atoms with E-state index in [1.807, 2.05) is 0 Å². The number of anilines is 1. The van der Waals surface area contributed by atoms with Gasteiger partial charge < -0.3 is 28.9 Å². The fourth-order valence-electron chi connectivity index (χ4n) is 3.99. The van der Waals surface area contributed by atoms with E-state index in [1.54, 1.807) is 16.8 Å². The summed E-state index contributed by atoms with van der Waals surface area (Å²) >= 11 is 6.06. The number of carbonyl (C=O) groups is 1. The predicted molar refractivity (Wildman–Crippen MR) is 150 cm³/mol. The molecule has 0 saturated carbocycles. The lowest BCUT2D eigenvalue weighted by Gasteiger charge is -2.39. The van der Waals surface area contributed by atoms with Gasteiger partial charge in [-0.15, -0.1) is 6.42 Å². The monoisotopic (exact) mass is 587 g/mol. The number of terminal acetylenes is 1. The number of fused-ring (bicyclic) bond motifs is 1. The molecule has 212 valence electrons. The molecule has 3 heterocycles. The Morgan fingerprint density at radius 1 is 1.32 bits per heavy atom. The molecule has 1 aromatic carbocycles. The van der Waals surface area contributed by atoms with Crippen LogP contribution in [-0.2, 0) is 13.9 Å². The van der Waals surface area contributed by atoms with Gasteiger partial charge in [0.1, 0.15) is 23.4 Å². The van der Waals surface area contributed by atoms with Crippen molar-refractivity contribution in [3.8, 4) is 18.1 Å². The largest absolute Gasteiger partial charge is 0.514 e. The van der Waals surface area contributed by atoms with Crippen LogP contribution in [0.5, 0.6) is 5.75 Å². The van der Waals surface area contributed by atoms with Crippen LogP contribution in [-0.4, -0.2) is 52.2 Å². The van der Waals surface area contributed by atoms with Crippen LogP contribution in [0.1, 0.15) is 33.4 Å². The average Bonchev–Trinajstić information content (AvgIpc) is 3.44. The van der Waals surface area contributed by atoms with Gasteiger partial charge >= 0.3 is 6.16 Å². The van der Waals surface area contributed by atoms with Crippen molar-refractivity contribution in [2.45, 2.75) is 63.3 Å². The van der Waals surface area contributed by atoms with Crippen molar-refractivity contribution < 1.29 is 28.4 Å². The zero-order valence-corrected chi connectivity index (χ0v) is 24.5. The SMILES string of the molecule is C#C[C@]1(CO[Si](C)(C)C(C)(C)C)O[C@@H](n2ccc3c(N)nc(Cl)nc32)C[C@@H]1OC(=O)Oc1ccc([N+](=O)[O-])cc1. The number of aromatic nitrogens is 3. The Balaban J connectivity index is 1.63.